The van der Waals surface area contributed by atoms with Crippen LogP contribution in [0.2, 0.25) is 0 Å². The van der Waals surface area contributed by atoms with Crippen molar-refractivity contribution in [3.63, 3.8) is 0 Å². The fourth-order valence-corrected chi connectivity index (χ4v) is 1.56. The van der Waals surface area contributed by atoms with Crippen LogP contribution >= 0.6 is 0 Å². The van der Waals surface area contributed by atoms with E-state index in [1.165, 1.54) is 0 Å². The summed E-state index contributed by atoms with van der Waals surface area (Å²) in [7, 11) is 0. The Kier molecular flexibility index (Phi) is 4.13. The van der Waals surface area contributed by atoms with Gasteiger partial charge in [0.2, 0.25) is 0 Å². The molecular weight excluding hydrogens is 242 g/mol. The van der Waals surface area contributed by atoms with Gasteiger partial charge in [-0.2, -0.15) is 0 Å². The summed E-state index contributed by atoms with van der Waals surface area (Å²) in [5.74, 6) is 1.23. The second-order valence-electron chi connectivity index (χ2n) is 3.97. The van der Waals surface area contributed by atoms with Gasteiger partial charge in [-0.05, 0) is 50.2 Å². The quantitative estimate of drug-likeness (QED) is 0.622. The predicted octanol–water partition coefficient (Wildman–Crippen LogP) is 3.52. The van der Waals surface area contributed by atoms with E-state index in [-0.39, 0.29) is 5.97 Å². The van der Waals surface area contributed by atoms with Gasteiger partial charge in [0.25, 0.3) is 0 Å². The first-order valence-corrected chi connectivity index (χ1v) is 6.06. The highest BCUT2D eigenvalue weighted by molar-refractivity contribution is 5.89. The van der Waals surface area contributed by atoms with Crippen molar-refractivity contribution in [2.45, 2.75) is 13.8 Å². The van der Waals surface area contributed by atoms with Crippen molar-refractivity contribution in [3.05, 3.63) is 53.5 Å². The second-order valence-corrected chi connectivity index (χ2v) is 3.97. The van der Waals surface area contributed by atoms with Gasteiger partial charge in [0.15, 0.2) is 0 Å². The lowest BCUT2D eigenvalue weighted by atomic mass is 10.2. The molecule has 0 spiro atoms. The Morgan fingerprint density at radius 2 is 2.00 bits per heavy atom. The Morgan fingerprint density at radius 1 is 1.26 bits per heavy atom. The molecule has 0 N–H and O–H groups in total. The third kappa shape index (κ3) is 3.55. The molecule has 0 aliphatic heterocycles. The van der Waals surface area contributed by atoms with E-state index in [0.717, 1.165) is 11.4 Å². The Balaban J connectivity index is 2.06. The molecular formula is C15H15NO3. The van der Waals surface area contributed by atoms with E-state index in [1.807, 2.05) is 19.1 Å². The number of ether oxygens (including phenoxy) is 1. The fraction of sp³-hybridized carbons (Fsp3) is 0.200. The van der Waals surface area contributed by atoms with Gasteiger partial charge in [0.05, 0.1) is 24.1 Å². The lowest BCUT2D eigenvalue weighted by Gasteiger charge is -2.01. The summed E-state index contributed by atoms with van der Waals surface area (Å²) >= 11 is 0. The van der Waals surface area contributed by atoms with Crippen LogP contribution in [0, 0.1) is 6.92 Å². The third-order valence-corrected chi connectivity index (χ3v) is 2.48. The average Bonchev–Trinajstić information content (AvgIpc) is 2.83. The van der Waals surface area contributed by atoms with E-state index in [0.29, 0.717) is 17.9 Å². The van der Waals surface area contributed by atoms with Gasteiger partial charge in [0.1, 0.15) is 11.5 Å². The molecule has 0 aliphatic rings. The van der Waals surface area contributed by atoms with Crippen LogP contribution in [-0.2, 0) is 4.74 Å². The van der Waals surface area contributed by atoms with Crippen LogP contribution in [0.5, 0.6) is 0 Å². The number of furan rings is 1. The largest absolute Gasteiger partial charge is 0.462 e. The number of aliphatic imine (C=N–C) groups is 1. The number of aryl methyl sites for hydroxylation is 1. The number of hydrogen-bond acceptors (Lipinski definition) is 4. The Bertz CT molecular complexity index is 582. The summed E-state index contributed by atoms with van der Waals surface area (Å²) in [6.45, 7) is 4.03. The van der Waals surface area contributed by atoms with E-state index in [1.54, 1.807) is 37.4 Å². The summed E-state index contributed by atoms with van der Waals surface area (Å²) in [6.07, 6.45) is 1.65. The molecule has 2 aromatic rings. The highest BCUT2D eigenvalue weighted by Crippen LogP contribution is 2.14. The van der Waals surface area contributed by atoms with Crippen LogP contribution in [0.1, 0.15) is 28.8 Å². The number of benzene rings is 1. The predicted molar refractivity (Wildman–Crippen MR) is 73.1 cm³/mol. The molecule has 4 heteroatoms. The number of carbonyl (C=O) groups excluding carboxylic acids is 1. The van der Waals surface area contributed by atoms with Crippen molar-refractivity contribution < 1.29 is 13.9 Å². The molecule has 0 amide bonds. The first-order chi connectivity index (χ1) is 9.19. The summed E-state index contributed by atoms with van der Waals surface area (Å²) in [4.78, 5) is 15.7. The molecule has 1 heterocycles. The van der Waals surface area contributed by atoms with Gasteiger partial charge < -0.3 is 9.15 Å². The van der Waals surface area contributed by atoms with Crippen LogP contribution in [-0.4, -0.2) is 18.8 Å². The smallest absolute Gasteiger partial charge is 0.338 e. The number of carbonyl (C=O) groups is 1. The lowest BCUT2D eigenvalue weighted by molar-refractivity contribution is 0.0526. The summed E-state index contributed by atoms with van der Waals surface area (Å²) in [6, 6.07) is 10.6. The van der Waals surface area contributed by atoms with E-state index in [2.05, 4.69) is 4.99 Å². The van der Waals surface area contributed by atoms with Gasteiger partial charge in [-0.3, -0.25) is 4.99 Å². The maximum Gasteiger partial charge on any atom is 0.338 e. The minimum absolute atomic E-state index is 0.320. The molecule has 0 radical (unpaired) electrons. The SMILES string of the molecule is CCOC(=O)c1ccc(N=Cc2ccc(C)o2)cc1. The number of nitrogens with zero attached hydrogens (tertiary/aromatic N) is 1. The zero-order valence-electron chi connectivity index (χ0n) is 10.9. The standard InChI is InChI=1S/C15H15NO3/c1-3-18-15(17)12-5-7-13(8-6-12)16-10-14-9-4-11(2)19-14/h4-10H,3H2,1-2H3. The first-order valence-electron chi connectivity index (χ1n) is 6.06. The first kappa shape index (κ1) is 13.1. The van der Waals surface area contributed by atoms with E-state index >= 15 is 0 Å². The molecule has 0 saturated carbocycles. The van der Waals surface area contributed by atoms with Crippen LogP contribution in [0.4, 0.5) is 5.69 Å². The monoisotopic (exact) mass is 257 g/mol. The van der Waals surface area contributed by atoms with Crippen LogP contribution in [0.15, 0.2) is 45.8 Å². The minimum Gasteiger partial charge on any atom is -0.462 e. The van der Waals surface area contributed by atoms with Crippen LogP contribution in [0.3, 0.4) is 0 Å². The highest BCUT2D eigenvalue weighted by Gasteiger charge is 2.04. The maximum absolute atomic E-state index is 11.5. The normalized spacial score (nSPS) is 10.8. The van der Waals surface area contributed by atoms with Crippen LogP contribution < -0.4 is 0 Å². The van der Waals surface area contributed by atoms with Crippen molar-refractivity contribution in [3.8, 4) is 0 Å². The average molecular weight is 257 g/mol. The molecule has 0 fully saturated rings. The molecule has 1 aromatic heterocycles. The van der Waals surface area contributed by atoms with Crippen molar-refractivity contribution >= 4 is 17.9 Å². The number of rotatable bonds is 4. The van der Waals surface area contributed by atoms with Gasteiger partial charge >= 0.3 is 5.97 Å². The van der Waals surface area contributed by atoms with Crippen molar-refractivity contribution in [2.75, 3.05) is 6.61 Å². The fourth-order valence-electron chi connectivity index (χ4n) is 1.56. The van der Waals surface area contributed by atoms with Crippen LogP contribution in [0.25, 0.3) is 0 Å². The van der Waals surface area contributed by atoms with Gasteiger partial charge in [-0.15, -0.1) is 0 Å². The van der Waals surface area contributed by atoms with Gasteiger partial charge in [-0.25, -0.2) is 4.79 Å². The van der Waals surface area contributed by atoms with Crippen molar-refractivity contribution in [1.82, 2.24) is 0 Å². The zero-order valence-corrected chi connectivity index (χ0v) is 10.9. The number of hydrogen-bond donors (Lipinski definition) is 0. The Morgan fingerprint density at radius 3 is 2.58 bits per heavy atom. The number of esters is 1. The molecule has 0 atom stereocenters. The molecule has 19 heavy (non-hydrogen) atoms. The highest BCUT2D eigenvalue weighted by atomic mass is 16.5. The molecule has 0 unspecified atom stereocenters. The molecule has 0 aliphatic carbocycles. The molecule has 2 rings (SSSR count). The molecule has 1 aromatic carbocycles. The lowest BCUT2D eigenvalue weighted by Crippen LogP contribution is -2.03. The maximum atomic E-state index is 11.5. The molecule has 98 valence electrons. The Hall–Kier alpha value is -2.36. The summed E-state index contributed by atoms with van der Waals surface area (Å²) in [5, 5.41) is 0. The van der Waals surface area contributed by atoms with Gasteiger partial charge in [-0.1, -0.05) is 0 Å². The molecule has 0 saturated heterocycles. The molecule has 4 nitrogen and oxygen atoms in total. The summed E-state index contributed by atoms with van der Waals surface area (Å²) < 4.78 is 10.3. The van der Waals surface area contributed by atoms with Crippen molar-refractivity contribution in [2.24, 2.45) is 4.99 Å². The molecule has 0 bridgehead atoms. The summed E-state index contributed by atoms with van der Waals surface area (Å²) in [5.41, 5.74) is 1.27. The Labute approximate surface area is 111 Å². The van der Waals surface area contributed by atoms with E-state index < -0.39 is 0 Å². The minimum atomic E-state index is -0.320. The van der Waals surface area contributed by atoms with E-state index in [4.69, 9.17) is 9.15 Å². The van der Waals surface area contributed by atoms with Gasteiger partial charge in [0, 0.05) is 0 Å². The van der Waals surface area contributed by atoms with E-state index in [9.17, 15) is 4.79 Å². The zero-order chi connectivity index (χ0) is 13.7. The second kappa shape index (κ2) is 6.00. The third-order valence-electron chi connectivity index (χ3n) is 2.48. The topological polar surface area (TPSA) is 51.8 Å². The van der Waals surface area contributed by atoms with Crippen molar-refractivity contribution in [1.29, 1.82) is 0 Å².